The zero-order valence-electron chi connectivity index (χ0n) is 11.4. The Labute approximate surface area is 124 Å². The number of alkyl halides is 3. The van der Waals surface area contributed by atoms with E-state index in [1.54, 1.807) is 12.1 Å². The van der Waals surface area contributed by atoms with Gasteiger partial charge >= 0.3 is 6.36 Å². The summed E-state index contributed by atoms with van der Waals surface area (Å²) in [6.07, 6.45) is -0.127. The van der Waals surface area contributed by atoms with E-state index >= 15 is 0 Å². The Morgan fingerprint density at radius 2 is 1.77 bits per heavy atom. The predicted molar refractivity (Wildman–Crippen MR) is 75.7 cm³/mol. The second-order valence-corrected chi connectivity index (χ2v) is 4.88. The number of halogens is 3. The number of fused-ring (bicyclic) bond motifs is 1. The average molecular weight is 304 g/mol. The molecule has 0 saturated heterocycles. The Hall–Kier alpha value is -2.56. The van der Waals surface area contributed by atoms with Crippen LogP contribution in [0.25, 0.3) is 6.08 Å². The van der Waals surface area contributed by atoms with E-state index in [-0.39, 0.29) is 11.5 Å². The first-order valence-corrected chi connectivity index (χ1v) is 6.63. The molecule has 0 heterocycles. The summed E-state index contributed by atoms with van der Waals surface area (Å²) < 4.78 is 40.2. The molecule has 0 saturated carbocycles. The van der Waals surface area contributed by atoms with E-state index < -0.39 is 6.36 Å². The molecular formula is C17H11F3O2. The lowest BCUT2D eigenvalue weighted by molar-refractivity contribution is -0.274. The van der Waals surface area contributed by atoms with Crippen molar-refractivity contribution in [1.29, 1.82) is 0 Å². The molecule has 112 valence electrons. The molecular weight excluding hydrogens is 293 g/mol. The first-order valence-electron chi connectivity index (χ1n) is 6.63. The third-order valence-electron chi connectivity index (χ3n) is 3.43. The number of carbonyl (C=O) groups excluding carboxylic acids is 1. The number of rotatable bonds is 3. The molecule has 5 heteroatoms. The van der Waals surface area contributed by atoms with E-state index in [0.717, 1.165) is 23.3 Å². The minimum Gasteiger partial charge on any atom is -0.406 e. The molecule has 0 unspecified atom stereocenters. The van der Waals surface area contributed by atoms with Crippen molar-refractivity contribution >= 4 is 11.9 Å². The van der Waals surface area contributed by atoms with Crippen LogP contribution in [0.15, 0.2) is 48.5 Å². The fourth-order valence-corrected chi connectivity index (χ4v) is 2.47. The maximum atomic E-state index is 12.5. The van der Waals surface area contributed by atoms with Crippen LogP contribution in [0.4, 0.5) is 13.2 Å². The number of carbonyl (C=O) groups is 1. The van der Waals surface area contributed by atoms with Crippen molar-refractivity contribution in [2.45, 2.75) is 12.8 Å². The summed E-state index contributed by atoms with van der Waals surface area (Å²) in [7, 11) is 0. The fourth-order valence-electron chi connectivity index (χ4n) is 2.47. The van der Waals surface area contributed by atoms with Gasteiger partial charge in [0.1, 0.15) is 5.75 Å². The van der Waals surface area contributed by atoms with E-state index in [1.165, 1.54) is 12.1 Å². The SMILES string of the molecule is O=C(c1ccc(OC(F)(F)F)cc1)c1cccc2c1CC=C2. The van der Waals surface area contributed by atoms with E-state index in [9.17, 15) is 18.0 Å². The van der Waals surface area contributed by atoms with Gasteiger partial charge in [0.15, 0.2) is 5.78 Å². The number of ketones is 1. The van der Waals surface area contributed by atoms with Crippen molar-refractivity contribution < 1.29 is 22.7 Å². The summed E-state index contributed by atoms with van der Waals surface area (Å²) in [6.45, 7) is 0. The summed E-state index contributed by atoms with van der Waals surface area (Å²) in [5.74, 6) is -0.553. The highest BCUT2D eigenvalue weighted by Gasteiger charge is 2.31. The lowest BCUT2D eigenvalue weighted by Crippen LogP contribution is -2.17. The van der Waals surface area contributed by atoms with Gasteiger partial charge in [-0.15, -0.1) is 13.2 Å². The minimum absolute atomic E-state index is 0.209. The zero-order chi connectivity index (χ0) is 15.7. The Kier molecular flexibility index (Phi) is 3.48. The number of ether oxygens (including phenoxy) is 1. The molecule has 1 aliphatic rings. The molecule has 22 heavy (non-hydrogen) atoms. The third-order valence-corrected chi connectivity index (χ3v) is 3.43. The zero-order valence-corrected chi connectivity index (χ0v) is 11.4. The molecule has 0 aliphatic heterocycles. The first kappa shape index (κ1) is 14.4. The van der Waals surface area contributed by atoms with Gasteiger partial charge in [-0.05, 0) is 41.8 Å². The van der Waals surface area contributed by atoms with Crippen LogP contribution >= 0.6 is 0 Å². The summed E-state index contributed by atoms with van der Waals surface area (Å²) in [5.41, 5.74) is 2.85. The molecule has 0 amide bonds. The number of hydrogen-bond acceptors (Lipinski definition) is 2. The largest absolute Gasteiger partial charge is 0.573 e. The van der Waals surface area contributed by atoms with E-state index in [0.29, 0.717) is 17.5 Å². The number of allylic oxidation sites excluding steroid dienone is 1. The molecule has 0 radical (unpaired) electrons. The summed E-state index contributed by atoms with van der Waals surface area (Å²) >= 11 is 0. The molecule has 2 aromatic carbocycles. The number of hydrogen-bond donors (Lipinski definition) is 0. The van der Waals surface area contributed by atoms with Gasteiger partial charge in [0, 0.05) is 11.1 Å². The molecule has 0 spiro atoms. The third kappa shape index (κ3) is 2.88. The normalized spacial score (nSPS) is 13.0. The van der Waals surface area contributed by atoms with Crippen molar-refractivity contribution in [3.63, 3.8) is 0 Å². The van der Waals surface area contributed by atoms with Crippen LogP contribution in [-0.4, -0.2) is 12.1 Å². The maximum absolute atomic E-state index is 12.5. The van der Waals surface area contributed by atoms with Gasteiger partial charge in [-0.25, -0.2) is 0 Å². The van der Waals surface area contributed by atoms with Crippen molar-refractivity contribution in [3.05, 3.63) is 70.8 Å². The smallest absolute Gasteiger partial charge is 0.406 e. The second kappa shape index (κ2) is 5.33. The van der Waals surface area contributed by atoms with Gasteiger partial charge in [-0.2, -0.15) is 0 Å². The average Bonchev–Trinajstić information content (AvgIpc) is 2.94. The summed E-state index contributed by atoms with van der Waals surface area (Å²) in [6, 6.07) is 10.4. The standard InChI is InChI=1S/C17H11F3O2/c18-17(19,20)22-13-9-7-12(8-10-13)16(21)15-6-2-4-11-3-1-5-14(11)15/h1-4,6-10H,5H2. The van der Waals surface area contributed by atoms with Gasteiger partial charge in [0.25, 0.3) is 0 Å². The van der Waals surface area contributed by atoms with Crippen LogP contribution in [0.5, 0.6) is 5.75 Å². The lowest BCUT2D eigenvalue weighted by atomic mass is 9.95. The Bertz CT molecular complexity index is 743. The molecule has 0 N–H and O–H groups in total. The van der Waals surface area contributed by atoms with Gasteiger partial charge in [0.05, 0.1) is 0 Å². The molecule has 1 aliphatic carbocycles. The van der Waals surface area contributed by atoms with Gasteiger partial charge in [0.2, 0.25) is 0 Å². The van der Waals surface area contributed by atoms with Crippen LogP contribution in [0.3, 0.4) is 0 Å². The van der Waals surface area contributed by atoms with Crippen LogP contribution in [-0.2, 0) is 6.42 Å². The molecule has 0 bridgehead atoms. The van der Waals surface area contributed by atoms with Crippen molar-refractivity contribution in [2.24, 2.45) is 0 Å². The van der Waals surface area contributed by atoms with Crippen molar-refractivity contribution in [3.8, 4) is 5.75 Å². The molecule has 0 atom stereocenters. The highest BCUT2D eigenvalue weighted by molar-refractivity contribution is 6.10. The van der Waals surface area contributed by atoms with Crippen LogP contribution in [0.2, 0.25) is 0 Å². The summed E-state index contributed by atoms with van der Waals surface area (Å²) in [4.78, 5) is 12.5. The molecule has 2 aromatic rings. The van der Waals surface area contributed by atoms with E-state index in [2.05, 4.69) is 4.74 Å². The van der Waals surface area contributed by atoms with Gasteiger partial charge in [-0.3, -0.25) is 4.79 Å². The monoisotopic (exact) mass is 304 g/mol. The molecule has 0 fully saturated rings. The minimum atomic E-state index is -4.74. The Balaban J connectivity index is 1.86. The Morgan fingerprint density at radius 1 is 1.05 bits per heavy atom. The second-order valence-electron chi connectivity index (χ2n) is 4.88. The van der Waals surface area contributed by atoms with E-state index in [4.69, 9.17) is 0 Å². The lowest BCUT2D eigenvalue weighted by Gasteiger charge is -2.10. The summed E-state index contributed by atoms with van der Waals surface area (Å²) in [5, 5.41) is 0. The molecule has 2 nitrogen and oxygen atoms in total. The van der Waals surface area contributed by atoms with Crippen molar-refractivity contribution in [1.82, 2.24) is 0 Å². The van der Waals surface area contributed by atoms with E-state index in [1.807, 2.05) is 18.2 Å². The van der Waals surface area contributed by atoms with Crippen molar-refractivity contribution in [2.75, 3.05) is 0 Å². The fraction of sp³-hybridized carbons (Fsp3) is 0.118. The molecule has 3 rings (SSSR count). The van der Waals surface area contributed by atoms with Crippen LogP contribution < -0.4 is 4.74 Å². The highest BCUT2D eigenvalue weighted by atomic mass is 19.4. The number of benzene rings is 2. The van der Waals surface area contributed by atoms with Crippen LogP contribution in [0.1, 0.15) is 27.0 Å². The molecule has 0 aromatic heterocycles. The van der Waals surface area contributed by atoms with Gasteiger partial charge in [-0.1, -0.05) is 30.4 Å². The Morgan fingerprint density at radius 3 is 2.45 bits per heavy atom. The maximum Gasteiger partial charge on any atom is 0.573 e. The quantitative estimate of drug-likeness (QED) is 0.786. The highest BCUT2D eigenvalue weighted by Crippen LogP contribution is 2.27. The predicted octanol–water partition coefficient (Wildman–Crippen LogP) is 4.39. The van der Waals surface area contributed by atoms with Gasteiger partial charge < -0.3 is 4.74 Å². The van der Waals surface area contributed by atoms with Crippen LogP contribution in [0, 0.1) is 0 Å². The topological polar surface area (TPSA) is 26.3 Å². The first-order chi connectivity index (χ1) is 10.4.